The first kappa shape index (κ1) is 10.5. The molecular formula is C13H16N4. The van der Waals surface area contributed by atoms with Crippen molar-refractivity contribution in [3.05, 3.63) is 24.3 Å². The van der Waals surface area contributed by atoms with Gasteiger partial charge in [0.1, 0.15) is 12.2 Å². The van der Waals surface area contributed by atoms with E-state index in [0.29, 0.717) is 18.4 Å². The molecule has 88 valence electrons. The van der Waals surface area contributed by atoms with Crippen molar-refractivity contribution in [2.75, 3.05) is 0 Å². The fraction of sp³-hybridized carbons (Fsp3) is 0.615. The molecule has 17 heavy (non-hydrogen) atoms. The molecule has 2 heterocycles. The maximum atomic E-state index is 8.98. The molecule has 0 aromatic carbocycles. The highest BCUT2D eigenvalue weighted by Crippen LogP contribution is 2.45. The first-order chi connectivity index (χ1) is 8.42. The number of hydrogen-bond donors (Lipinski definition) is 0. The third-order valence-corrected chi connectivity index (χ3v) is 3.97. The Kier molecular flexibility index (Phi) is 2.68. The van der Waals surface area contributed by atoms with Gasteiger partial charge in [-0.25, -0.2) is 9.67 Å². The summed E-state index contributed by atoms with van der Waals surface area (Å²) in [6.45, 7) is 0. The summed E-state index contributed by atoms with van der Waals surface area (Å²) in [4.78, 5) is 4.35. The number of aromatic nitrogens is 3. The summed E-state index contributed by atoms with van der Waals surface area (Å²) in [6.07, 6.45) is 11.6. The summed E-state index contributed by atoms with van der Waals surface area (Å²) in [5.74, 6) is 1.80. The van der Waals surface area contributed by atoms with E-state index in [4.69, 9.17) is 5.26 Å². The molecule has 0 radical (unpaired) electrons. The minimum Gasteiger partial charge on any atom is -0.243 e. The molecule has 0 amide bonds. The first-order valence-electron chi connectivity index (χ1n) is 6.35. The van der Waals surface area contributed by atoms with Gasteiger partial charge in [0.25, 0.3) is 0 Å². The fourth-order valence-corrected chi connectivity index (χ4v) is 3.18. The predicted octanol–water partition coefficient (Wildman–Crippen LogP) is 2.58. The molecule has 0 spiro atoms. The minimum absolute atomic E-state index is 0.273. The van der Waals surface area contributed by atoms with Gasteiger partial charge in [0, 0.05) is 12.3 Å². The molecule has 3 rings (SSSR count). The quantitative estimate of drug-likeness (QED) is 0.694. The van der Waals surface area contributed by atoms with Crippen molar-refractivity contribution >= 4 is 0 Å². The minimum atomic E-state index is 0.273. The van der Waals surface area contributed by atoms with Crippen LogP contribution in [0.4, 0.5) is 0 Å². The third-order valence-electron chi connectivity index (χ3n) is 3.97. The summed E-state index contributed by atoms with van der Waals surface area (Å²) in [5, 5.41) is 13.3. The molecule has 0 N–H and O–H groups in total. The van der Waals surface area contributed by atoms with Crippen LogP contribution in [0, 0.1) is 17.2 Å². The van der Waals surface area contributed by atoms with Crippen LogP contribution in [0.25, 0.3) is 0 Å². The van der Waals surface area contributed by atoms with Gasteiger partial charge in [0.05, 0.1) is 12.1 Å². The van der Waals surface area contributed by atoms with Gasteiger partial charge in [-0.2, -0.15) is 10.4 Å². The molecule has 4 heteroatoms. The Morgan fingerprint density at radius 1 is 1.47 bits per heavy atom. The van der Waals surface area contributed by atoms with Gasteiger partial charge >= 0.3 is 0 Å². The predicted molar refractivity (Wildman–Crippen MR) is 63.1 cm³/mol. The molecule has 3 atom stereocenters. The molecule has 0 saturated carbocycles. The molecular weight excluding hydrogens is 212 g/mol. The Hall–Kier alpha value is -1.63. The third kappa shape index (κ3) is 1.66. The van der Waals surface area contributed by atoms with Crippen LogP contribution in [-0.2, 0) is 0 Å². The molecule has 3 unspecified atom stereocenters. The average molecular weight is 228 g/mol. The van der Waals surface area contributed by atoms with E-state index < -0.39 is 0 Å². The van der Waals surface area contributed by atoms with Gasteiger partial charge in [-0.15, -0.1) is 0 Å². The van der Waals surface area contributed by atoms with E-state index in [2.05, 4.69) is 28.3 Å². The largest absolute Gasteiger partial charge is 0.243 e. The summed E-state index contributed by atoms with van der Waals surface area (Å²) in [6, 6.07) is 2.63. The lowest BCUT2D eigenvalue weighted by Gasteiger charge is -2.22. The highest BCUT2D eigenvalue weighted by molar-refractivity contribution is 5.16. The standard InChI is InChI=1S/C13H16N4/c14-8-7-11-10-5-3-1-2-4-6-12(10)17-13(11)15-9-16-17/h4,6,9-12H,1-3,5,7H2/b6-4-. The fourth-order valence-electron chi connectivity index (χ4n) is 3.18. The van der Waals surface area contributed by atoms with E-state index in [1.807, 2.05) is 4.68 Å². The van der Waals surface area contributed by atoms with Crippen LogP contribution < -0.4 is 0 Å². The first-order valence-corrected chi connectivity index (χ1v) is 6.35. The summed E-state index contributed by atoms with van der Waals surface area (Å²) in [5.41, 5.74) is 0. The van der Waals surface area contributed by atoms with Crippen LogP contribution in [0.3, 0.4) is 0 Å². The number of nitriles is 1. The number of fused-ring (bicyclic) bond motifs is 3. The van der Waals surface area contributed by atoms with Crippen molar-refractivity contribution in [2.45, 2.75) is 44.1 Å². The zero-order valence-electron chi connectivity index (χ0n) is 9.79. The second-order valence-electron chi connectivity index (χ2n) is 4.90. The van der Waals surface area contributed by atoms with Gasteiger partial charge < -0.3 is 0 Å². The molecule has 1 aliphatic carbocycles. The normalized spacial score (nSPS) is 33.0. The van der Waals surface area contributed by atoms with Gasteiger partial charge in [-0.1, -0.05) is 18.6 Å². The molecule has 2 aliphatic rings. The highest BCUT2D eigenvalue weighted by Gasteiger charge is 2.40. The lowest BCUT2D eigenvalue weighted by atomic mass is 9.82. The summed E-state index contributed by atoms with van der Waals surface area (Å²) in [7, 11) is 0. The Morgan fingerprint density at radius 2 is 2.41 bits per heavy atom. The number of rotatable bonds is 1. The van der Waals surface area contributed by atoms with Gasteiger partial charge in [0.2, 0.25) is 0 Å². The topological polar surface area (TPSA) is 54.5 Å². The van der Waals surface area contributed by atoms with Crippen LogP contribution in [0.2, 0.25) is 0 Å². The van der Waals surface area contributed by atoms with E-state index in [0.717, 1.165) is 12.2 Å². The van der Waals surface area contributed by atoms with Gasteiger partial charge in [0.15, 0.2) is 0 Å². The van der Waals surface area contributed by atoms with E-state index in [1.165, 1.54) is 19.3 Å². The van der Waals surface area contributed by atoms with Gasteiger partial charge in [-0.05, 0) is 25.2 Å². The van der Waals surface area contributed by atoms with Crippen molar-refractivity contribution in [3.63, 3.8) is 0 Å². The van der Waals surface area contributed by atoms with Crippen LogP contribution in [-0.4, -0.2) is 14.8 Å². The Balaban J connectivity index is 1.99. The molecule has 1 aliphatic heterocycles. The monoisotopic (exact) mass is 228 g/mol. The number of hydrogen-bond acceptors (Lipinski definition) is 3. The van der Waals surface area contributed by atoms with Crippen LogP contribution in [0.5, 0.6) is 0 Å². The number of allylic oxidation sites excluding steroid dienone is 2. The second-order valence-corrected chi connectivity index (χ2v) is 4.90. The van der Waals surface area contributed by atoms with Crippen molar-refractivity contribution in [3.8, 4) is 6.07 Å². The van der Waals surface area contributed by atoms with Crippen molar-refractivity contribution in [2.24, 2.45) is 5.92 Å². The van der Waals surface area contributed by atoms with Crippen LogP contribution in [0.1, 0.15) is 49.9 Å². The van der Waals surface area contributed by atoms with Crippen LogP contribution >= 0.6 is 0 Å². The molecule has 4 nitrogen and oxygen atoms in total. The Labute approximate surface area is 101 Å². The lowest BCUT2D eigenvalue weighted by molar-refractivity contribution is 0.339. The van der Waals surface area contributed by atoms with Crippen molar-refractivity contribution in [1.29, 1.82) is 5.26 Å². The molecule has 1 aromatic rings. The second kappa shape index (κ2) is 4.33. The van der Waals surface area contributed by atoms with E-state index in [-0.39, 0.29) is 5.92 Å². The molecule has 0 bridgehead atoms. The summed E-state index contributed by atoms with van der Waals surface area (Å²) < 4.78 is 2.02. The Morgan fingerprint density at radius 3 is 3.29 bits per heavy atom. The average Bonchev–Trinajstić information content (AvgIpc) is 2.83. The number of nitrogens with zero attached hydrogens (tertiary/aromatic N) is 4. The smallest absolute Gasteiger partial charge is 0.138 e. The van der Waals surface area contributed by atoms with E-state index >= 15 is 0 Å². The van der Waals surface area contributed by atoms with Crippen LogP contribution in [0.15, 0.2) is 18.5 Å². The lowest BCUT2D eigenvalue weighted by Crippen LogP contribution is -2.15. The zero-order chi connectivity index (χ0) is 11.7. The molecule has 0 saturated heterocycles. The van der Waals surface area contributed by atoms with E-state index in [9.17, 15) is 0 Å². The SMILES string of the molecule is N#CCC1c2ncnn2C2/C=C\CCCCC12. The Bertz CT molecular complexity index is 468. The highest BCUT2D eigenvalue weighted by atomic mass is 15.4. The molecule has 1 aromatic heterocycles. The van der Waals surface area contributed by atoms with Crippen molar-refractivity contribution < 1.29 is 0 Å². The van der Waals surface area contributed by atoms with E-state index in [1.54, 1.807) is 6.33 Å². The van der Waals surface area contributed by atoms with Crippen molar-refractivity contribution in [1.82, 2.24) is 14.8 Å². The maximum absolute atomic E-state index is 8.98. The zero-order valence-corrected chi connectivity index (χ0v) is 9.79. The molecule has 0 fully saturated rings. The maximum Gasteiger partial charge on any atom is 0.138 e. The summed E-state index contributed by atoms with van der Waals surface area (Å²) >= 11 is 0. The van der Waals surface area contributed by atoms with Gasteiger partial charge in [-0.3, -0.25) is 0 Å².